The van der Waals surface area contributed by atoms with E-state index in [1.807, 2.05) is 0 Å². The lowest BCUT2D eigenvalue weighted by molar-refractivity contribution is 0.613. The van der Waals surface area contributed by atoms with Crippen LogP contribution < -0.4 is 0 Å². The lowest BCUT2D eigenvalue weighted by atomic mass is 10.0. The Labute approximate surface area is 80.7 Å². The van der Waals surface area contributed by atoms with Gasteiger partial charge in [-0.05, 0) is 36.1 Å². The van der Waals surface area contributed by atoms with Gasteiger partial charge < -0.3 is 0 Å². The molecule has 2 rings (SSSR count). The van der Waals surface area contributed by atoms with Crippen molar-refractivity contribution < 1.29 is 4.39 Å². The predicted molar refractivity (Wildman–Crippen MR) is 48.1 cm³/mol. The minimum absolute atomic E-state index is 0.178. The van der Waals surface area contributed by atoms with Gasteiger partial charge in [-0.2, -0.15) is 5.26 Å². The Kier molecular flexibility index (Phi) is 1.97. The number of halogens is 2. The van der Waals surface area contributed by atoms with Crippen molar-refractivity contribution in [3.63, 3.8) is 0 Å². The molecule has 0 N–H and O–H groups in total. The van der Waals surface area contributed by atoms with Gasteiger partial charge in [0.25, 0.3) is 0 Å². The molecule has 1 aromatic rings. The molecule has 3 heteroatoms. The average Bonchev–Trinajstić information content (AvgIpc) is 2.47. The highest BCUT2D eigenvalue weighted by Crippen LogP contribution is 2.35. The molecule has 0 bridgehead atoms. The first-order valence-corrected chi connectivity index (χ1v) is 4.47. The standard InChI is InChI=1S/C10H7ClFN/c11-7-3-9-6(5-13)1-2-8(9)10(12)4-7/h3-4,6H,1-2H2. The fourth-order valence-corrected chi connectivity index (χ4v) is 1.99. The van der Waals surface area contributed by atoms with Crippen LogP contribution in [0.5, 0.6) is 0 Å². The molecule has 0 radical (unpaired) electrons. The second-order valence-electron chi connectivity index (χ2n) is 3.18. The van der Waals surface area contributed by atoms with Crippen molar-refractivity contribution in [2.75, 3.05) is 0 Å². The number of benzene rings is 1. The quantitative estimate of drug-likeness (QED) is 0.624. The highest BCUT2D eigenvalue weighted by atomic mass is 35.5. The maximum absolute atomic E-state index is 13.3. The second-order valence-corrected chi connectivity index (χ2v) is 3.61. The summed E-state index contributed by atoms with van der Waals surface area (Å²) >= 11 is 5.70. The Balaban J connectivity index is 2.59. The van der Waals surface area contributed by atoms with Gasteiger partial charge in [0, 0.05) is 5.02 Å². The topological polar surface area (TPSA) is 23.8 Å². The van der Waals surface area contributed by atoms with Crippen molar-refractivity contribution in [3.8, 4) is 6.07 Å². The van der Waals surface area contributed by atoms with Crippen LogP contribution in [0.25, 0.3) is 0 Å². The van der Waals surface area contributed by atoms with Crippen LogP contribution in [0.3, 0.4) is 0 Å². The Morgan fingerprint density at radius 2 is 2.31 bits per heavy atom. The summed E-state index contributed by atoms with van der Waals surface area (Å²) in [4.78, 5) is 0. The Hall–Kier alpha value is -1.07. The molecule has 1 aliphatic carbocycles. The zero-order valence-corrected chi connectivity index (χ0v) is 7.61. The molecule has 1 nitrogen and oxygen atoms in total. The van der Waals surface area contributed by atoms with Gasteiger partial charge in [-0.3, -0.25) is 0 Å². The van der Waals surface area contributed by atoms with E-state index in [0.29, 0.717) is 23.4 Å². The van der Waals surface area contributed by atoms with E-state index < -0.39 is 0 Å². The third kappa shape index (κ3) is 1.30. The van der Waals surface area contributed by atoms with Gasteiger partial charge in [0.05, 0.1) is 12.0 Å². The SMILES string of the molecule is N#CC1CCc2c(F)cc(Cl)cc21. The molecule has 0 spiro atoms. The number of fused-ring (bicyclic) bond motifs is 1. The highest BCUT2D eigenvalue weighted by Gasteiger charge is 2.25. The van der Waals surface area contributed by atoms with Gasteiger partial charge >= 0.3 is 0 Å². The molecule has 0 heterocycles. The Morgan fingerprint density at radius 1 is 1.54 bits per heavy atom. The average molecular weight is 196 g/mol. The van der Waals surface area contributed by atoms with Gasteiger partial charge in [-0.15, -0.1) is 0 Å². The third-order valence-corrected chi connectivity index (χ3v) is 2.63. The summed E-state index contributed by atoms with van der Waals surface area (Å²) in [5, 5.41) is 9.15. The van der Waals surface area contributed by atoms with Crippen LogP contribution in [0.4, 0.5) is 4.39 Å². The van der Waals surface area contributed by atoms with E-state index in [1.165, 1.54) is 6.07 Å². The first kappa shape index (κ1) is 8.52. The van der Waals surface area contributed by atoms with Gasteiger partial charge in [0.2, 0.25) is 0 Å². The van der Waals surface area contributed by atoms with Crippen molar-refractivity contribution in [3.05, 3.63) is 34.1 Å². The number of nitrogens with zero attached hydrogens (tertiary/aromatic N) is 1. The summed E-state index contributed by atoms with van der Waals surface area (Å²) in [6.45, 7) is 0. The molecule has 0 aliphatic heterocycles. The van der Waals surface area contributed by atoms with E-state index in [4.69, 9.17) is 16.9 Å². The number of rotatable bonds is 0. The fourth-order valence-electron chi connectivity index (χ4n) is 1.78. The minimum atomic E-state index is -0.278. The van der Waals surface area contributed by atoms with Crippen molar-refractivity contribution in [1.29, 1.82) is 5.26 Å². The molecule has 0 aromatic heterocycles. The zero-order chi connectivity index (χ0) is 9.42. The number of hydrogen-bond donors (Lipinski definition) is 0. The van der Waals surface area contributed by atoms with E-state index in [0.717, 1.165) is 5.56 Å². The van der Waals surface area contributed by atoms with Crippen molar-refractivity contribution in [2.45, 2.75) is 18.8 Å². The molecule has 0 amide bonds. The molecular formula is C10H7ClFN. The first-order valence-electron chi connectivity index (χ1n) is 4.10. The van der Waals surface area contributed by atoms with E-state index in [2.05, 4.69) is 6.07 Å². The molecule has 1 aliphatic rings. The normalized spacial score (nSPS) is 19.6. The highest BCUT2D eigenvalue weighted by molar-refractivity contribution is 6.30. The lowest BCUT2D eigenvalue weighted by Gasteiger charge is -2.03. The van der Waals surface area contributed by atoms with Gasteiger partial charge in [-0.1, -0.05) is 11.6 Å². The van der Waals surface area contributed by atoms with Crippen LogP contribution >= 0.6 is 11.6 Å². The third-order valence-electron chi connectivity index (χ3n) is 2.41. The van der Waals surface area contributed by atoms with E-state index in [1.54, 1.807) is 6.07 Å². The smallest absolute Gasteiger partial charge is 0.128 e. The van der Waals surface area contributed by atoms with Crippen molar-refractivity contribution >= 4 is 11.6 Å². The van der Waals surface area contributed by atoms with Crippen LogP contribution in [0.2, 0.25) is 5.02 Å². The molecule has 66 valence electrons. The van der Waals surface area contributed by atoms with Gasteiger partial charge in [0.15, 0.2) is 0 Å². The molecule has 1 unspecified atom stereocenters. The molecule has 0 saturated carbocycles. The number of nitriles is 1. The van der Waals surface area contributed by atoms with Crippen LogP contribution in [0.1, 0.15) is 23.5 Å². The van der Waals surface area contributed by atoms with Crippen LogP contribution in [0, 0.1) is 17.1 Å². The van der Waals surface area contributed by atoms with E-state index >= 15 is 0 Å². The second kappa shape index (κ2) is 3.01. The van der Waals surface area contributed by atoms with Gasteiger partial charge in [0.1, 0.15) is 5.82 Å². The summed E-state index contributed by atoms with van der Waals surface area (Å²) in [6, 6.07) is 5.15. The lowest BCUT2D eigenvalue weighted by Crippen LogP contribution is -1.91. The summed E-state index contributed by atoms with van der Waals surface area (Å²) in [7, 11) is 0. The maximum atomic E-state index is 13.3. The molecule has 0 fully saturated rings. The molecule has 1 atom stereocenters. The summed E-state index contributed by atoms with van der Waals surface area (Å²) in [5.74, 6) is -0.455. The van der Waals surface area contributed by atoms with Crippen molar-refractivity contribution in [1.82, 2.24) is 0 Å². The molecule has 1 aromatic carbocycles. The van der Waals surface area contributed by atoms with Crippen molar-refractivity contribution in [2.24, 2.45) is 0 Å². The monoisotopic (exact) mass is 195 g/mol. The molecule has 0 saturated heterocycles. The van der Waals surface area contributed by atoms with E-state index in [-0.39, 0.29) is 11.7 Å². The first-order chi connectivity index (χ1) is 6.22. The van der Waals surface area contributed by atoms with Gasteiger partial charge in [-0.25, -0.2) is 4.39 Å². The Bertz CT molecular complexity index is 395. The van der Waals surface area contributed by atoms with Crippen LogP contribution in [-0.2, 0) is 6.42 Å². The largest absolute Gasteiger partial charge is 0.207 e. The zero-order valence-electron chi connectivity index (χ0n) is 6.85. The number of hydrogen-bond acceptors (Lipinski definition) is 1. The van der Waals surface area contributed by atoms with Crippen LogP contribution in [-0.4, -0.2) is 0 Å². The molecular weight excluding hydrogens is 189 g/mol. The minimum Gasteiger partial charge on any atom is -0.207 e. The summed E-state index contributed by atoms with van der Waals surface area (Å²) in [6.07, 6.45) is 1.36. The summed E-state index contributed by atoms with van der Waals surface area (Å²) in [5.41, 5.74) is 1.43. The predicted octanol–water partition coefficient (Wildman–Crippen LogP) is 3.03. The maximum Gasteiger partial charge on any atom is 0.128 e. The molecule has 13 heavy (non-hydrogen) atoms. The summed E-state index contributed by atoms with van der Waals surface area (Å²) < 4.78 is 13.3. The van der Waals surface area contributed by atoms with E-state index in [9.17, 15) is 4.39 Å². The van der Waals surface area contributed by atoms with Crippen LogP contribution in [0.15, 0.2) is 12.1 Å². The fraction of sp³-hybridized carbons (Fsp3) is 0.300. The Morgan fingerprint density at radius 3 is 3.00 bits per heavy atom.